The first-order chi connectivity index (χ1) is 11.1. The lowest BCUT2D eigenvalue weighted by Gasteiger charge is -2.24. The molecule has 23 heavy (non-hydrogen) atoms. The molecule has 2 nitrogen and oxygen atoms in total. The second kappa shape index (κ2) is 15.0. The second-order valence-corrected chi connectivity index (χ2v) is 7.61. The quantitative estimate of drug-likeness (QED) is 0.283. The lowest BCUT2D eigenvalue weighted by molar-refractivity contribution is -0.149. The molecular formula is C21H42O2. The van der Waals surface area contributed by atoms with Gasteiger partial charge in [0.2, 0.25) is 0 Å². The zero-order chi connectivity index (χ0) is 17.4. The average molecular weight is 327 g/mol. The van der Waals surface area contributed by atoms with Gasteiger partial charge in [-0.3, -0.25) is 4.79 Å². The number of rotatable bonds is 17. The van der Waals surface area contributed by atoms with E-state index in [4.69, 9.17) is 0 Å². The van der Waals surface area contributed by atoms with Crippen molar-refractivity contribution in [1.29, 1.82) is 0 Å². The highest BCUT2D eigenvalue weighted by Gasteiger charge is 2.31. The van der Waals surface area contributed by atoms with Crippen molar-refractivity contribution in [2.45, 2.75) is 124 Å². The molecule has 0 fully saturated rings. The minimum absolute atomic E-state index is 0.493. The lowest BCUT2D eigenvalue weighted by Crippen LogP contribution is -2.27. The van der Waals surface area contributed by atoms with E-state index >= 15 is 0 Å². The molecule has 1 N–H and O–H groups in total. The van der Waals surface area contributed by atoms with Crippen LogP contribution < -0.4 is 0 Å². The van der Waals surface area contributed by atoms with E-state index in [0.29, 0.717) is 0 Å². The zero-order valence-corrected chi connectivity index (χ0v) is 16.2. The van der Waals surface area contributed by atoms with Gasteiger partial charge in [-0.15, -0.1) is 0 Å². The van der Waals surface area contributed by atoms with Gasteiger partial charge in [0.05, 0.1) is 5.41 Å². The summed E-state index contributed by atoms with van der Waals surface area (Å²) in [6.07, 6.45) is 19.4. The fourth-order valence-electron chi connectivity index (χ4n) is 3.28. The highest BCUT2D eigenvalue weighted by Crippen LogP contribution is 2.31. The summed E-state index contributed by atoms with van der Waals surface area (Å²) in [6.45, 7) is 6.44. The van der Waals surface area contributed by atoms with Crippen molar-refractivity contribution in [2.75, 3.05) is 0 Å². The normalized spacial score (nSPS) is 11.8. The SMILES string of the molecule is CCCCCCCCCC(C)(CCCCCCCCC)C(=O)O. The fraction of sp³-hybridized carbons (Fsp3) is 0.952. The summed E-state index contributed by atoms with van der Waals surface area (Å²) in [6, 6.07) is 0. The minimum atomic E-state index is -0.588. The van der Waals surface area contributed by atoms with Crippen LogP contribution in [0.5, 0.6) is 0 Å². The Morgan fingerprint density at radius 3 is 1.26 bits per heavy atom. The van der Waals surface area contributed by atoms with Crippen molar-refractivity contribution in [3.8, 4) is 0 Å². The fourth-order valence-corrected chi connectivity index (χ4v) is 3.28. The van der Waals surface area contributed by atoms with Crippen LogP contribution in [0.3, 0.4) is 0 Å². The van der Waals surface area contributed by atoms with Gasteiger partial charge >= 0.3 is 5.97 Å². The molecule has 0 rings (SSSR count). The monoisotopic (exact) mass is 326 g/mol. The van der Waals surface area contributed by atoms with Crippen LogP contribution in [0.1, 0.15) is 124 Å². The summed E-state index contributed by atoms with van der Waals surface area (Å²) in [4.78, 5) is 11.6. The van der Waals surface area contributed by atoms with E-state index in [-0.39, 0.29) is 0 Å². The predicted octanol–water partition coefficient (Wildman–Crippen LogP) is 7.36. The topological polar surface area (TPSA) is 37.3 Å². The molecule has 0 aromatic heterocycles. The number of hydrogen-bond donors (Lipinski definition) is 1. The van der Waals surface area contributed by atoms with E-state index in [9.17, 15) is 9.90 Å². The lowest BCUT2D eigenvalue weighted by atomic mass is 9.80. The molecule has 2 heteroatoms. The third-order valence-electron chi connectivity index (χ3n) is 5.18. The predicted molar refractivity (Wildman–Crippen MR) is 101 cm³/mol. The van der Waals surface area contributed by atoms with Crippen LogP contribution in [0.2, 0.25) is 0 Å². The summed E-state index contributed by atoms with van der Waals surface area (Å²) in [5, 5.41) is 9.58. The molecule has 0 aromatic carbocycles. The largest absolute Gasteiger partial charge is 0.481 e. The van der Waals surface area contributed by atoms with Gasteiger partial charge in [-0.05, 0) is 19.8 Å². The minimum Gasteiger partial charge on any atom is -0.481 e. The van der Waals surface area contributed by atoms with E-state index in [1.54, 1.807) is 0 Å². The van der Waals surface area contributed by atoms with Crippen molar-refractivity contribution < 1.29 is 9.90 Å². The third-order valence-corrected chi connectivity index (χ3v) is 5.18. The van der Waals surface area contributed by atoms with Gasteiger partial charge in [0, 0.05) is 0 Å². The van der Waals surface area contributed by atoms with Crippen LogP contribution in [0.4, 0.5) is 0 Å². The number of carboxylic acids is 1. The van der Waals surface area contributed by atoms with Gasteiger partial charge in [-0.1, -0.05) is 104 Å². The smallest absolute Gasteiger partial charge is 0.309 e. The Balaban J connectivity index is 3.77. The molecule has 0 aliphatic rings. The Hall–Kier alpha value is -0.530. The number of carboxylic acid groups (broad SMARTS) is 1. The molecule has 0 atom stereocenters. The molecule has 0 radical (unpaired) electrons. The highest BCUT2D eigenvalue weighted by molar-refractivity contribution is 5.74. The molecule has 0 amide bonds. The zero-order valence-electron chi connectivity index (χ0n) is 16.2. The van der Waals surface area contributed by atoms with Gasteiger partial charge < -0.3 is 5.11 Å². The second-order valence-electron chi connectivity index (χ2n) is 7.61. The average Bonchev–Trinajstić information content (AvgIpc) is 2.53. The van der Waals surface area contributed by atoms with Crippen LogP contribution in [0, 0.1) is 5.41 Å². The van der Waals surface area contributed by atoms with Crippen molar-refractivity contribution in [2.24, 2.45) is 5.41 Å². The van der Waals surface area contributed by atoms with Gasteiger partial charge in [0.25, 0.3) is 0 Å². The Kier molecular flexibility index (Phi) is 14.7. The Morgan fingerprint density at radius 1 is 0.652 bits per heavy atom. The molecule has 138 valence electrons. The summed E-state index contributed by atoms with van der Waals surface area (Å²) >= 11 is 0. The molecule has 0 aromatic rings. The standard InChI is InChI=1S/C21H42O2/c1-4-6-8-10-12-14-16-18-21(3,20(22)23)19-17-15-13-11-9-7-5-2/h4-19H2,1-3H3,(H,22,23). The number of aliphatic carboxylic acids is 1. The third kappa shape index (κ3) is 12.5. The van der Waals surface area contributed by atoms with Crippen LogP contribution in [0.25, 0.3) is 0 Å². The first-order valence-electron chi connectivity index (χ1n) is 10.3. The van der Waals surface area contributed by atoms with E-state index in [0.717, 1.165) is 25.7 Å². The number of hydrogen-bond acceptors (Lipinski definition) is 1. The Bertz CT molecular complexity index is 255. The van der Waals surface area contributed by atoms with E-state index in [1.807, 2.05) is 6.92 Å². The van der Waals surface area contributed by atoms with Gasteiger partial charge in [-0.25, -0.2) is 0 Å². The van der Waals surface area contributed by atoms with Crippen LogP contribution >= 0.6 is 0 Å². The Morgan fingerprint density at radius 2 is 0.957 bits per heavy atom. The maximum absolute atomic E-state index is 11.6. The van der Waals surface area contributed by atoms with Crippen molar-refractivity contribution in [1.82, 2.24) is 0 Å². The van der Waals surface area contributed by atoms with Crippen LogP contribution in [0.15, 0.2) is 0 Å². The highest BCUT2D eigenvalue weighted by atomic mass is 16.4. The summed E-state index contributed by atoms with van der Waals surface area (Å²) in [7, 11) is 0. The molecule has 0 aliphatic heterocycles. The maximum Gasteiger partial charge on any atom is 0.309 e. The van der Waals surface area contributed by atoms with E-state index < -0.39 is 11.4 Å². The van der Waals surface area contributed by atoms with Crippen LogP contribution in [-0.4, -0.2) is 11.1 Å². The summed E-state index contributed by atoms with van der Waals surface area (Å²) < 4.78 is 0. The van der Waals surface area contributed by atoms with Gasteiger partial charge in [0.15, 0.2) is 0 Å². The Labute approximate surface area is 145 Å². The summed E-state index contributed by atoms with van der Waals surface area (Å²) in [5.74, 6) is -0.588. The van der Waals surface area contributed by atoms with E-state index in [1.165, 1.54) is 77.0 Å². The van der Waals surface area contributed by atoms with Gasteiger partial charge in [-0.2, -0.15) is 0 Å². The molecule has 0 heterocycles. The molecular weight excluding hydrogens is 284 g/mol. The molecule has 0 saturated carbocycles. The van der Waals surface area contributed by atoms with E-state index in [2.05, 4.69) is 13.8 Å². The number of carbonyl (C=O) groups is 1. The molecule has 0 saturated heterocycles. The maximum atomic E-state index is 11.6. The van der Waals surface area contributed by atoms with Crippen LogP contribution in [-0.2, 0) is 4.79 Å². The first kappa shape index (κ1) is 22.5. The van der Waals surface area contributed by atoms with Crippen molar-refractivity contribution in [3.05, 3.63) is 0 Å². The molecule has 0 aliphatic carbocycles. The number of unbranched alkanes of at least 4 members (excludes halogenated alkanes) is 12. The first-order valence-corrected chi connectivity index (χ1v) is 10.3. The van der Waals surface area contributed by atoms with Crippen molar-refractivity contribution in [3.63, 3.8) is 0 Å². The van der Waals surface area contributed by atoms with Gasteiger partial charge in [0.1, 0.15) is 0 Å². The van der Waals surface area contributed by atoms with Crippen molar-refractivity contribution >= 4 is 5.97 Å². The molecule has 0 spiro atoms. The summed E-state index contributed by atoms with van der Waals surface area (Å²) in [5.41, 5.74) is -0.493. The molecule has 0 bridgehead atoms. The molecule has 0 unspecified atom stereocenters.